The zero-order valence-electron chi connectivity index (χ0n) is 24.5. The maximum absolute atomic E-state index is 6.32. The summed E-state index contributed by atoms with van der Waals surface area (Å²) in [4.78, 5) is 4.81. The maximum atomic E-state index is 6.32. The second-order valence-corrected chi connectivity index (χ2v) is 11.1. The monoisotopic (exact) mass is 514 g/mol. The molecule has 4 rings (SSSR count). The third-order valence-corrected chi connectivity index (χ3v) is 8.03. The summed E-state index contributed by atoms with van der Waals surface area (Å²) in [7, 11) is 4.18. The van der Waals surface area contributed by atoms with Crippen molar-refractivity contribution in [1.29, 1.82) is 0 Å². The quantitative estimate of drug-likeness (QED) is 0.244. The molecule has 1 aliphatic heterocycles. The molecule has 0 amide bonds. The smallest absolute Gasteiger partial charge is 0.124 e. The molecule has 4 heteroatoms. The first kappa shape index (κ1) is 28.2. The highest BCUT2D eigenvalue weighted by atomic mass is 16.5. The normalized spacial score (nSPS) is 17.8. The van der Waals surface area contributed by atoms with Gasteiger partial charge in [0, 0.05) is 30.7 Å². The maximum Gasteiger partial charge on any atom is 0.124 e. The Morgan fingerprint density at radius 1 is 0.816 bits per heavy atom. The molecule has 1 fully saturated rings. The predicted molar refractivity (Wildman–Crippen MR) is 160 cm³/mol. The van der Waals surface area contributed by atoms with E-state index in [9.17, 15) is 0 Å². The summed E-state index contributed by atoms with van der Waals surface area (Å²) in [6.45, 7) is 14.5. The van der Waals surface area contributed by atoms with Gasteiger partial charge in [0.15, 0.2) is 0 Å². The molecule has 1 saturated heterocycles. The Morgan fingerprint density at radius 3 is 2.16 bits per heavy atom. The van der Waals surface area contributed by atoms with Crippen LogP contribution in [-0.2, 0) is 6.54 Å². The molecule has 2 atom stereocenters. The second-order valence-electron chi connectivity index (χ2n) is 11.1. The number of benzene rings is 3. The summed E-state index contributed by atoms with van der Waals surface area (Å²) >= 11 is 0. The summed E-state index contributed by atoms with van der Waals surface area (Å²) in [5.74, 6) is 1.95. The van der Waals surface area contributed by atoms with Crippen LogP contribution in [-0.4, -0.2) is 55.7 Å². The van der Waals surface area contributed by atoms with Gasteiger partial charge >= 0.3 is 0 Å². The minimum absolute atomic E-state index is 0.658. The summed E-state index contributed by atoms with van der Waals surface area (Å²) < 4.78 is 12.4. The Bertz CT molecular complexity index is 1210. The molecule has 0 bridgehead atoms. The predicted octanol–water partition coefficient (Wildman–Crippen LogP) is 7.74. The van der Waals surface area contributed by atoms with Gasteiger partial charge in [-0.2, -0.15) is 0 Å². The third-order valence-electron chi connectivity index (χ3n) is 8.03. The lowest BCUT2D eigenvalue weighted by Crippen LogP contribution is -2.34. The number of ether oxygens (including phenoxy) is 2. The van der Waals surface area contributed by atoms with Crippen LogP contribution in [0.5, 0.6) is 11.5 Å². The Hall–Kier alpha value is -2.82. The Balaban J connectivity index is 1.54. The average Bonchev–Trinajstić information content (AvgIpc) is 3.21. The van der Waals surface area contributed by atoms with Crippen molar-refractivity contribution in [1.82, 2.24) is 9.80 Å². The van der Waals surface area contributed by atoms with E-state index in [0.717, 1.165) is 37.6 Å². The van der Waals surface area contributed by atoms with Crippen molar-refractivity contribution in [2.45, 2.75) is 72.5 Å². The van der Waals surface area contributed by atoms with Crippen LogP contribution in [0.15, 0.2) is 54.6 Å². The van der Waals surface area contributed by atoms with E-state index in [1.165, 1.54) is 51.8 Å². The van der Waals surface area contributed by atoms with Crippen LogP contribution in [0.25, 0.3) is 22.3 Å². The highest BCUT2D eigenvalue weighted by Crippen LogP contribution is 2.37. The van der Waals surface area contributed by atoms with Gasteiger partial charge in [-0.1, -0.05) is 42.5 Å². The molecule has 0 N–H and O–H groups in total. The van der Waals surface area contributed by atoms with E-state index in [0.29, 0.717) is 18.7 Å². The topological polar surface area (TPSA) is 24.9 Å². The van der Waals surface area contributed by atoms with E-state index in [4.69, 9.17) is 9.47 Å². The van der Waals surface area contributed by atoms with Gasteiger partial charge in [0.2, 0.25) is 0 Å². The van der Waals surface area contributed by atoms with E-state index in [2.05, 4.69) is 106 Å². The number of hydrogen-bond donors (Lipinski definition) is 0. The molecule has 4 nitrogen and oxygen atoms in total. The summed E-state index contributed by atoms with van der Waals surface area (Å²) in [5.41, 5.74) is 8.59. The highest BCUT2D eigenvalue weighted by molar-refractivity contribution is 5.81. The fourth-order valence-corrected chi connectivity index (χ4v) is 5.90. The molecule has 3 aromatic carbocycles. The lowest BCUT2D eigenvalue weighted by molar-refractivity contribution is 0.191. The number of nitrogens with zero attached hydrogens (tertiary/aromatic N) is 2. The van der Waals surface area contributed by atoms with Crippen molar-refractivity contribution < 1.29 is 9.47 Å². The van der Waals surface area contributed by atoms with Crippen molar-refractivity contribution >= 4 is 0 Å². The van der Waals surface area contributed by atoms with Crippen molar-refractivity contribution in [3.8, 4) is 33.8 Å². The van der Waals surface area contributed by atoms with Crippen molar-refractivity contribution in [3.05, 3.63) is 71.3 Å². The minimum Gasteiger partial charge on any atom is -0.494 e. The van der Waals surface area contributed by atoms with Gasteiger partial charge in [0.25, 0.3) is 0 Å². The van der Waals surface area contributed by atoms with Gasteiger partial charge in [-0.05, 0) is 113 Å². The van der Waals surface area contributed by atoms with E-state index >= 15 is 0 Å². The third kappa shape index (κ3) is 6.42. The Labute approximate surface area is 230 Å². The fourth-order valence-electron chi connectivity index (χ4n) is 5.90. The van der Waals surface area contributed by atoms with Crippen LogP contribution in [0.2, 0.25) is 0 Å². The van der Waals surface area contributed by atoms with Gasteiger partial charge in [-0.3, -0.25) is 4.90 Å². The molecular weight excluding hydrogens is 468 g/mol. The minimum atomic E-state index is 0.658. The number of likely N-dealkylation sites (tertiary alicyclic amines) is 1. The lowest BCUT2D eigenvalue weighted by atomic mass is 9.90. The molecule has 0 radical (unpaired) electrons. The molecular formula is C34H46N2O2. The molecule has 38 heavy (non-hydrogen) atoms. The van der Waals surface area contributed by atoms with Gasteiger partial charge in [0.05, 0.1) is 13.2 Å². The van der Waals surface area contributed by atoms with E-state index < -0.39 is 0 Å². The Kier molecular flexibility index (Phi) is 9.51. The first-order chi connectivity index (χ1) is 18.3. The van der Waals surface area contributed by atoms with Gasteiger partial charge in [-0.25, -0.2) is 0 Å². The zero-order valence-corrected chi connectivity index (χ0v) is 24.5. The first-order valence-corrected chi connectivity index (χ1v) is 14.3. The van der Waals surface area contributed by atoms with Crippen LogP contribution in [0.3, 0.4) is 0 Å². The number of rotatable bonds is 11. The average molecular weight is 515 g/mol. The second kappa shape index (κ2) is 12.8. The zero-order chi connectivity index (χ0) is 27.2. The van der Waals surface area contributed by atoms with E-state index in [1.807, 2.05) is 6.92 Å². The molecule has 1 aliphatic rings. The molecule has 0 aromatic heterocycles. The van der Waals surface area contributed by atoms with Crippen LogP contribution in [0, 0.1) is 13.8 Å². The number of hydrogen-bond acceptors (Lipinski definition) is 4. The summed E-state index contributed by atoms with van der Waals surface area (Å²) in [6.07, 6.45) is 3.68. The van der Waals surface area contributed by atoms with E-state index in [1.54, 1.807) is 0 Å². The van der Waals surface area contributed by atoms with E-state index in [-0.39, 0.29) is 0 Å². The highest BCUT2D eigenvalue weighted by Gasteiger charge is 2.26. The van der Waals surface area contributed by atoms with Crippen LogP contribution >= 0.6 is 0 Å². The summed E-state index contributed by atoms with van der Waals surface area (Å²) in [5, 5.41) is 0. The van der Waals surface area contributed by atoms with Gasteiger partial charge in [0.1, 0.15) is 11.5 Å². The largest absolute Gasteiger partial charge is 0.494 e. The Morgan fingerprint density at radius 2 is 1.47 bits per heavy atom. The molecule has 0 unspecified atom stereocenters. The lowest BCUT2D eigenvalue weighted by Gasteiger charge is -2.25. The van der Waals surface area contributed by atoms with Crippen molar-refractivity contribution in [2.24, 2.45) is 0 Å². The molecule has 1 heterocycles. The molecule has 0 spiro atoms. The molecule has 0 aliphatic carbocycles. The standard InChI is InChI=1S/C34H46N2O2/c1-8-37-34-22-28(18-19-29(34)23-35(6)7)30-12-9-13-31(26(30)4)32-14-10-15-33(27(32)5)38-21-11-20-36-24(2)16-17-25(36)3/h9-10,12-15,18-19,22,24-25H,8,11,16-17,20-21,23H2,1-7H3/t24-,25-/m1/s1. The van der Waals surface area contributed by atoms with Gasteiger partial charge < -0.3 is 14.4 Å². The van der Waals surface area contributed by atoms with Crippen LogP contribution in [0.4, 0.5) is 0 Å². The first-order valence-electron chi connectivity index (χ1n) is 14.3. The summed E-state index contributed by atoms with van der Waals surface area (Å²) in [6, 6.07) is 21.1. The van der Waals surface area contributed by atoms with Gasteiger partial charge in [-0.15, -0.1) is 0 Å². The van der Waals surface area contributed by atoms with Crippen LogP contribution < -0.4 is 9.47 Å². The molecule has 3 aromatic rings. The molecule has 204 valence electrons. The van der Waals surface area contributed by atoms with Crippen molar-refractivity contribution in [3.63, 3.8) is 0 Å². The van der Waals surface area contributed by atoms with Crippen LogP contribution in [0.1, 0.15) is 56.7 Å². The fraction of sp³-hybridized carbons (Fsp3) is 0.471. The van der Waals surface area contributed by atoms with Crippen molar-refractivity contribution in [2.75, 3.05) is 33.9 Å². The molecule has 0 saturated carbocycles. The SMILES string of the molecule is CCOc1cc(-c2cccc(-c3cccc(OCCCN4[C@H](C)CC[C@H]4C)c3C)c2C)ccc1CN(C)C.